The first-order valence-corrected chi connectivity index (χ1v) is 6.24. The van der Waals surface area contributed by atoms with Crippen LogP contribution in [0.4, 0.5) is 0 Å². The maximum atomic E-state index is 11.3. The van der Waals surface area contributed by atoms with E-state index in [-0.39, 0.29) is 11.9 Å². The standard InChI is InChI=1S/C11H19N3OS/c1-8-7-16-11(13-8)9(2)12-6-5-10(15)14(3)4/h7,9,12H,5-6H2,1-4H3. The number of carbonyl (C=O) groups excluding carboxylic acids is 1. The van der Waals surface area contributed by atoms with E-state index in [0.717, 1.165) is 10.7 Å². The molecule has 1 atom stereocenters. The van der Waals surface area contributed by atoms with Crippen LogP contribution < -0.4 is 5.32 Å². The van der Waals surface area contributed by atoms with Gasteiger partial charge in [0.25, 0.3) is 0 Å². The minimum Gasteiger partial charge on any atom is -0.349 e. The van der Waals surface area contributed by atoms with Crippen LogP contribution in [0.25, 0.3) is 0 Å². The van der Waals surface area contributed by atoms with Crippen molar-refractivity contribution < 1.29 is 4.79 Å². The third kappa shape index (κ3) is 3.90. The lowest BCUT2D eigenvalue weighted by Gasteiger charge is -2.13. The van der Waals surface area contributed by atoms with E-state index in [1.165, 1.54) is 0 Å². The molecule has 0 aliphatic rings. The van der Waals surface area contributed by atoms with Crippen LogP contribution in [0.3, 0.4) is 0 Å². The zero-order valence-electron chi connectivity index (χ0n) is 10.3. The molecule has 1 heterocycles. The second-order valence-electron chi connectivity index (χ2n) is 4.04. The average molecular weight is 241 g/mol. The Morgan fingerprint density at radius 2 is 2.31 bits per heavy atom. The summed E-state index contributed by atoms with van der Waals surface area (Å²) in [5.41, 5.74) is 1.05. The van der Waals surface area contributed by atoms with Crippen molar-refractivity contribution in [2.75, 3.05) is 20.6 Å². The molecule has 1 amide bonds. The molecular formula is C11H19N3OS. The first kappa shape index (κ1) is 13.1. The van der Waals surface area contributed by atoms with Gasteiger partial charge in [-0.25, -0.2) is 4.98 Å². The van der Waals surface area contributed by atoms with E-state index in [9.17, 15) is 4.79 Å². The van der Waals surface area contributed by atoms with Crippen LogP contribution in [0.15, 0.2) is 5.38 Å². The highest BCUT2D eigenvalue weighted by Crippen LogP contribution is 2.16. The van der Waals surface area contributed by atoms with E-state index in [0.29, 0.717) is 13.0 Å². The topological polar surface area (TPSA) is 45.2 Å². The van der Waals surface area contributed by atoms with Gasteiger partial charge in [-0.3, -0.25) is 4.79 Å². The number of hydrogen-bond donors (Lipinski definition) is 1. The lowest BCUT2D eigenvalue weighted by Crippen LogP contribution is -2.28. The van der Waals surface area contributed by atoms with Gasteiger partial charge in [0.2, 0.25) is 5.91 Å². The molecule has 1 aromatic heterocycles. The largest absolute Gasteiger partial charge is 0.349 e. The number of carbonyl (C=O) groups is 1. The zero-order valence-corrected chi connectivity index (χ0v) is 11.1. The number of nitrogens with zero attached hydrogens (tertiary/aromatic N) is 2. The maximum Gasteiger partial charge on any atom is 0.223 e. The minimum absolute atomic E-state index is 0.148. The molecule has 0 aliphatic heterocycles. The van der Waals surface area contributed by atoms with Gasteiger partial charge in [0.15, 0.2) is 0 Å². The van der Waals surface area contributed by atoms with E-state index in [2.05, 4.69) is 17.2 Å². The summed E-state index contributed by atoms with van der Waals surface area (Å²) in [6.07, 6.45) is 0.529. The van der Waals surface area contributed by atoms with E-state index in [1.54, 1.807) is 30.3 Å². The second kappa shape index (κ2) is 5.96. The molecule has 90 valence electrons. The number of aryl methyl sites for hydroxylation is 1. The normalized spacial score (nSPS) is 12.5. The summed E-state index contributed by atoms with van der Waals surface area (Å²) in [6, 6.07) is 0.216. The molecule has 1 rings (SSSR count). The van der Waals surface area contributed by atoms with Gasteiger partial charge >= 0.3 is 0 Å². The zero-order chi connectivity index (χ0) is 12.1. The lowest BCUT2D eigenvalue weighted by atomic mass is 10.3. The molecule has 0 aliphatic carbocycles. The smallest absolute Gasteiger partial charge is 0.223 e. The molecule has 0 aromatic carbocycles. The minimum atomic E-state index is 0.148. The number of thiazole rings is 1. The van der Waals surface area contributed by atoms with Gasteiger partial charge in [-0.15, -0.1) is 11.3 Å². The molecule has 5 heteroatoms. The van der Waals surface area contributed by atoms with Crippen molar-refractivity contribution in [3.63, 3.8) is 0 Å². The van der Waals surface area contributed by atoms with Crippen molar-refractivity contribution in [2.45, 2.75) is 26.3 Å². The van der Waals surface area contributed by atoms with Crippen LogP contribution >= 0.6 is 11.3 Å². The first-order valence-electron chi connectivity index (χ1n) is 5.36. The van der Waals surface area contributed by atoms with Crippen LogP contribution in [-0.2, 0) is 4.79 Å². The molecule has 16 heavy (non-hydrogen) atoms. The predicted octanol–water partition coefficient (Wildman–Crippen LogP) is 1.58. The number of aromatic nitrogens is 1. The third-order valence-electron chi connectivity index (χ3n) is 2.30. The SMILES string of the molecule is Cc1csc(C(C)NCCC(=O)N(C)C)n1. The van der Waals surface area contributed by atoms with Crippen molar-refractivity contribution in [1.29, 1.82) is 0 Å². The van der Waals surface area contributed by atoms with Crippen molar-refractivity contribution >= 4 is 17.2 Å². The predicted molar refractivity (Wildman–Crippen MR) is 66.6 cm³/mol. The van der Waals surface area contributed by atoms with E-state index < -0.39 is 0 Å². The molecule has 0 spiro atoms. The summed E-state index contributed by atoms with van der Waals surface area (Å²) in [5, 5.41) is 6.42. The third-order valence-corrected chi connectivity index (χ3v) is 3.44. The van der Waals surface area contributed by atoms with Crippen LogP contribution in [-0.4, -0.2) is 36.4 Å². The highest BCUT2D eigenvalue weighted by atomic mass is 32.1. The van der Waals surface area contributed by atoms with Crippen molar-refractivity contribution in [2.24, 2.45) is 0 Å². The molecular weight excluding hydrogens is 222 g/mol. The Bertz CT molecular complexity index is 349. The van der Waals surface area contributed by atoms with Crippen LogP contribution in [0.2, 0.25) is 0 Å². The van der Waals surface area contributed by atoms with Crippen LogP contribution in [0, 0.1) is 6.92 Å². The fourth-order valence-corrected chi connectivity index (χ4v) is 2.11. The maximum absolute atomic E-state index is 11.3. The quantitative estimate of drug-likeness (QED) is 0.851. The van der Waals surface area contributed by atoms with E-state index in [4.69, 9.17) is 0 Å². The highest BCUT2D eigenvalue weighted by Gasteiger charge is 2.09. The lowest BCUT2D eigenvalue weighted by molar-refractivity contribution is -0.128. The summed E-state index contributed by atoms with van der Waals surface area (Å²) in [6.45, 7) is 4.75. The molecule has 0 bridgehead atoms. The monoisotopic (exact) mass is 241 g/mol. The van der Waals surface area contributed by atoms with Gasteiger partial charge in [0.05, 0.1) is 6.04 Å². The van der Waals surface area contributed by atoms with Gasteiger partial charge in [0, 0.05) is 38.1 Å². The molecule has 1 unspecified atom stereocenters. The Morgan fingerprint density at radius 1 is 1.62 bits per heavy atom. The number of amides is 1. The van der Waals surface area contributed by atoms with Crippen LogP contribution in [0.5, 0.6) is 0 Å². The summed E-state index contributed by atoms with van der Waals surface area (Å²) < 4.78 is 0. The molecule has 1 N–H and O–H groups in total. The molecule has 0 radical (unpaired) electrons. The number of hydrogen-bond acceptors (Lipinski definition) is 4. The number of rotatable bonds is 5. The van der Waals surface area contributed by atoms with E-state index >= 15 is 0 Å². The molecule has 0 saturated heterocycles. The fourth-order valence-electron chi connectivity index (χ4n) is 1.28. The number of nitrogens with one attached hydrogen (secondary N) is 1. The summed E-state index contributed by atoms with van der Waals surface area (Å²) in [7, 11) is 3.55. The fraction of sp³-hybridized carbons (Fsp3) is 0.636. The van der Waals surface area contributed by atoms with Crippen molar-refractivity contribution in [1.82, 2.24) is 15.2 Å². The Hall–Kier alpha value is -0.940. The molecule has 0 saturated carbocycles. The summed E-state index contributed by atoms with van der Waals surface area (Å²) in [5.74, 6) is 0.148. The van der Waals surface area contributed by atoms with Crippen LogP contribution in [0.1, 0.15) is 30.1 Å². The van der Waals surface area contributed by atoms with Gasteiger partial charge in [-0.2, -0.15) is 0 Å². The van der Waals surface area contributed by atoms with Gasteiger partial charge < -0.3 is 10.2 Å². The summed E-state index contributed by atoms with van der Waals surface area (Å²) in [4.78, 5) is 17.4. The van der Waals surface area contributed by atoms with Gasteiger partial charge in [-0.1, -0.05) is 0 Å². The Kier molecular flexibility index (Phi) is 4.89. The van der Waals surface area contributed by atoms with Gasteiger partial charge in [-0.05, 0) is 13.8 Å². The summed E-state index contributed by atoms with van der Waals surface area (Å²) >= 11 is 1.65. The highest BCUT2D eigenvalue weighted by molar-refractivity contribution is 7.09. The molecule has 4 nitrogen and oxygen atoms in total. The Morgan fingerprint density at radius 3 is 2.81 bits per heavy atom. The molecule has 0 fully saturated rings. The molecule has 1 aromatic rings. The van der Waals surface area contributed by atoms with Gasteiger partial charge in [0.1, 0.15) is 5.01 Å². The Balaban J connectivity index is 2.31. The van der Waals surface area contributed by atoms with Crippen molar-refractivity contribution in [3.8, 4) is 0 Å². The second-order valence-corrected chi connectivity index (χ2v) is 4.93. The van der Waals surface area contributed by atoms with Crippen molar-refractivity contribution in [3.05, 3.63) is 16.1 Å². The Labute approximate surface area is 101 Å². The first-order chi connectivity index (χ1) is 7.50. The van der Waals surface area contributed by atoms with E-state index in [1.807, 2.05) is 12.3 Å². The average Bonchev–Trinajstić information content (AvgIpc) is 2.64.